The summed E-state index contributed by atoms with van der Waals surface area (Å²) in [5.74, 6) is 0.510. The molecule has 0 spiro atoms. The molecular formula is C8H10N4. The Hall–Kier alpha value is -1.58. The molecule has 0 bridgehead atoms. The molecule has 2 heterocycles. The third kappa shape index (κ3) is 1.01. The number of nitrogens with zero attached hydrogens (tertiary/aromatic N) is 3. The van der Waals surface area contributed by atoms with Crippen LogP contribution in [-0.2, 0) is 6.42 Å². The van der Waals surface area contributed by atoms with Gasteiger partial charge in [0.15, 0.2) is 5.65 Å². The van der Waals surface area contributed by atoms with Gasteiger partial charge >= 0.3 is 0 Å². The van der Waals surface area contributed by atoms with Crippen LogP contribution in [0.2, 0.25) is 0 Å². The van der Waals surface area contributed by atoms with Crippen molar-refractivity contribution in [3.8, 4) is 0 Å². The summed E-state index contributed by atoms with van der Waals surface area (Å²) >= 11 is 0. The molecule has 0 aliphatic heterocycles. The van der Waals surface area contributed by atoms with E-state index in [1.807, 2.05) is 12.1 Å². The van der Waals surface area contributed by atoms with E-state index in [1.54, 1.807) is 10.7 Å². The fraction of sp³-hybridized carbons (Fsp3) is 0.250. The van der Waals surface area contributed by atoms with Gasteiger partial charge in [0.05, 0.1) is 11.9 Å². The molecule has 2 aromatic rings. The largest absolute Gasteiger partial charge is 0.382 e. The number of fused-ring (bicyclic) bond motifs is 1. The fourth-order valence-electron chi connectivity index (χ4n) is 1.13. The highest BCUT2D eigenvalue weighted by Crippen LogP contribution is 2.05. The van der Waals surface area contributed by atoms with Gasteiger partial charge in [-0.3, -0.25) is 0 Å². The van der Waals surface area contributed by atoms with Crippen LogP contribution in [0.5, 0.6) is 0 Å². The van der Waals surface area contributed by atoms with Gasteiger partial charge in [-0.05, 0) is 18.6 Å². The van der Waals surface area contributed by atoms with Gasteiger partial charge in [0.25, 0.3) is 0 Å². The Kier molecular flexibility index (Phi) is 1.46. The molecular weight excluding hydrogens is 152 g/mol. The Morgan fingerprint density at radius 1 is 1.50 bits per heavy atom. The minimum Gasteiger partial charge on any atom is -0.382 e. The number of aromatic nitrogens is 3. The zero-order chi connectivity index (χ0) is 8.55. The molecule has 2 aromatic heterocycles. The minimum atomic E-state index is 0.510. The maximum absolute atomic E-state index is 5.51. The second-order valence-electron chi connectivity index (χ2n) is 2.65. The van der Waals surface area contributed by atoms with Crippen molar-refractivity contribution in [3.63, 3.8) is 0 Å². The Balaban J connectivity index is 2.66. The van der Waals surface area contributed by atoms with Gasteiger partial charge in [0, 0.05) is 0 Å². The zero-order valence-electron chi connectivity index (χ0n) is 6.86. The van der Waals surface area contributed by atoms with Crippen molar-refractivity contribution in [1.29, 1.82) is 0 Å². The van der Waals surface area contributed by atoms with E-state index in [0.29, 0.717) is 5.82 Å². The topological polar surface area (TPSA) is 56.2 Å². The number of hydrogen-bond donors (Lipinski definition) is 1. The quantitative estimate of drug-likeness (QED) is 0.677. The maximum atomic E-state index is 5.51. The fourth-order valence-corrected chi connectivity index (χ4v) is 1.13. The van der Waals surface area contributed by atoms with Crippen LogP contribution in [0, 0.1) is 0 Å². The highest BCUT2D eigenvalue weighted by molar-refractivity contribution is 5.45. The standard InChI is InChI=1S/C8H10N4/c1-2-6-3-4-8-10-7(9)5-12(8)11-6/h3-5H,2,9H2,1H3. The van der Waals surface area contributed by atoms with E-state index >= 15 is 0 Å². The van der Waals surface area contributed by atoms with Crippen LogP contribution in [-0.4, -0.2) is 14.6 Å². The predicted molar refractivity (Wildman–Crippen MR) is 46.8 cm³/mol. The maximum Gasteiger partial charge on any atom is 0.155 e. The van der Waals surface area contributed by atoms with Gasteiger partial charge in [-0.1, -0.05) is 6.92 Å². The number of nitrogens with two attached hydrogens (primary N) is 1. The molecule has 0 fully saturated rings. The lowest BCUT2D eigenvalue weighted by molar-refractivity contribution is 0.862. The average Bonchev–Trinajstić information content (AvgIpc) is 2.43. The molecule has 0 unspecified atom stereocenters. The summed E-state index contributed by atoms with van der Waals surface area (Å²) < 4.78 is 1.70. The summed E-state index contributed by atoms with van der Waals surface area (Å²) in [6.45, 7) is 2.06. The third-order valence-electron chi connectivity index (χ3n) is 1.76. The van der Waals surface area contributed by atoms with Crippen molar-refractivity contribution >= 4 is 11.5 Å². The number of aryl methyl sites for hydroxylation is 1. The lowest BCUT2D eigenvalue weighted by atomic mass is 10.3. The summed E-state index contributed by atoms with van der Waals surface area (Å²) in [4.78, 5) is 4.07. The van der Waals surface area contributed by atoms with Crippen molar-refractivity contribution in [3.05, 3.63) is 24.0 Å². The van der Waals surface area contributed by atoms with E-state index < -0.39 is 0 Å². The number of imidazole rings is 1. The second-order valence-corrected chi connectivity index (χ2v) is 2.65. The predicted octanol–water partition coefficient (Wildman–Crippen LogP) is 0.874. The van der Waals surface area contributed by atoms with Crippen LogP contribution >= 0.6 is 0 Å². The van der Waals surface area contributed by atoms with Crippen LogP contribution in [0.15, 0.2) is 18.3 Å². The first-order chi connectivity index (χ1) is 5.79. The van der Waals surface area contributed by atoms with Gasteiger partial charge < -0.3 is 5.73 Å². The van der Waals surface area contributed by atoms with E-state index in [2.05, 4.69) is 17.0 Å². The number of hydrogen-bond acceptors (Lipinski definition) is 3. The highest BCUT2D eigenvalue weighted by Gasteiger charge is 1.98. The van der Waals surface area contributed by atoms with Gasteiger partial charge in [0.2, 0.25) is 0 Å². The smallest absolute Gasteiger partial charge is 0.155 e. The monoisotopic (exact) mass is 162 g/mol. The van der Waals surface area contributed by atoms with Crippen LogP contribution in [0.4, 0.5) is 5.82 Å². The van der Waals surface area contributed by atoms with E-state index in [1.165, 1.54) is 0 Å². The molecule has 0 aromatic carbocycles. The molecule has 0 atom stereocenters. The molecule has 0 aliphatic carbocycles. The Morgan fingerprint density at radius 3 is 3.08 bits per heavy atom. The molecule has 0 radical (unpaired) electrons. The third-order valence-corrected chi connectivity index (χ3v) is 1.76. The first-order valence-electron chi connectivity index (χ1n) is 3.90. The van der Waals surface area contributed by atoms with Gasteiger partial charge in [-0.15, -0.1) is 0 Å². The van der Waals surface area contributed by atoms with Gasteiger partial charge in [-0.2, -0.15) is 5.10 Å². The van der Waals surface area contributed by atoms with Crippen LogP contribution in [0.3, 0.4) is 0 Å². The summed E-state index contributed by atoms with van der Waals surface area (Å²) in [6, 6.07) is 3.88. The lowest BCUT2D eigenvalue weighted by Gasteiger charge is -1.95. The molecule has 0 aliphatic rings. The van der Waals surface area contributed by atoms with Crippen LogP contribution in [0.1, 0.15) is 12.6 Å². The number of nitrogen functional groups attached to an aromatic ring is 1. The molecule has 62 valence electrons. The van der Waals surface area contributed by atoms with Crippen molar-refractivity contribution in [1.82, 2.24) is 14.6 Å². The Labute approximate surface area is 70.0 Å². The minimum absolute atomic E-state index is 0.510. The second kappa shape index (κ2) is 2.48. The summed E-state index contributed by atoms with van der Waals surface area (Å²) in [5.41, 5.74) is 7.35. The van der Waals surface area contributed by atoms with Crippen molar-refractivity contribution < 1.29 is 0 Å². The van der Waals surface area contributed by atoms with Crippen molar-refractivity contribution in [2.45, 2.75) is 13.3 Å². The van der Waals surface area contributed by atoms with E-state index in [-0.39, 0.29) is 0 Å². The molecule has 2 rings (SSSR count). The van der Waals surface area contributed by atoms with Crippen LogP contribution < -0.4 is 5.73 Å². The Morgan fingerprint density at radius 2 is 2.33 bits per heavy atom. The number of anilines is 1. The van der Waals surface area contributed by atoms with Crippen molar-refractivity contribution in [2.75, 3.05) is 5.73 Å². The lowest BCUT2D eigenvalue weighted by Crippen LogP contribution is -1.94. The van der Waals surface area contributed by atoms with Gasteiger partial charge in [-0.25, -0.2) is 9.50 Å². The molecule has 12 heavy (non-hydrogen) atoms. The highest BCUT2D eigenvalue weighted by atomic mass is 15.3. The van der Waals surface area contributed by atoms with Gasteiger partial charge in [0.1, 0.15) is 5.82 Å². The van der Waals surface area contributed by atoms with E-state index in [4.69, 9.17) is 5.73 Å². The van der Waals surface area contributed by atoms with E-state index in [0.717, 1.165) is 17.8 Å². The average molecular weight is 162 g/mol. The molecule has 4 heteroatoms. The SMILES string of the molecule is CCc1ccc2nc(N)cn2n1. The first-order valence-corrected chi connectivity index (χ1v) is 3.90. The molecule has 0 saturated carbocycles. The molecule has 0 amide bonds. The molecule has 2 N–H and O–H groups in total. The molecule has 4 nitrogen and oxygen atoms in total. The van der Waals surface area contributed by atoms with Crippen molar-refractivity contribution in [2.24, 2.45) is 0 Å². The first kappa shape index (κ1) is 7.09. The normalized spacial score (nSPS) is 10.8. The zero-order valence-corrected chi connectivity index (χ0v) is 6.86. The Bertz CT molecular complexity index is 404. The van der Waals surface area contributed by atoms with Crippen LogP contribution in [0.25, 0.3) is 5.65 Å². The molecule has 0 saturated heterocycles. The summed E-state index contributed by atoms with van der Waals surface area (Å²) in [7, 11) is 0. The summed E-state index contributed by atoms with van der Waals surface area (Å²) in [5, 5.41) is 4.29. The van der Waals surface area contributed by atoms with E-state index in [9.17, 15) is 0 Å². The number of rotatable bonds is 1. The summed E-state index contributed by atoms with van der Waals surface area (Å²) in [6.07, 6.45) is 2.64.